The molecule has 1 amide bonds. The minimum Gasteiger partial charge on any atom is -0.322 e. The number of benzene rings is 2. The third-order valence-electron chi connectivity index (χ3n) is 4.83. The molecule has 0 radical (unpaired) electrons. The summed E-state index contributed by atoms with van der Waals surface area (Å²) < 4.78 is 27.5. The minimum absolute atomic E-state index is 0.0724. The molecule has 2 aromatic carbocycles. The van der Waals surface area contributed by atoms with Gasteiger partial charge in [-0.15, -0.1) is 0 Å². The number of rotatable bonds is 4. The molecule has 0 aliphatic carbocycles. The quantitative estimate of drug-likeness (QED) is 0.889. The van der Waals surface area contributed by atoms with Gasteiger partial charge in [0.15, 0.2) is 0 Å². The van der Waals surface area contributed by atoms with Gasteiger partial charge in [0, 0.05) is 18.8 Å². The number of nitrogens with one attached hydrogen (secondary N) is 1. The van der Waals surface area contributed by atoms with Crippen molar-refractivity contribution in [3.8, 4) is 0 Å². The lowest BCUT2D eigenvalue weighted by Gasteiger charge is -2.26. The van der Waals surface area contributed by atoms with Gasteiger partial charge < -0.3 is 5.32 Å². The molecule has 1 aliphatic heterocycles. The standard InChI is InChI=1S/C20H24N2O3S/c1-15-10-11-17(14-16(15)2)21-20(23)18-8-4-5-9-19(18)26(24,25)22-12-6-3-7-13-22/h4-5,8-11,14H,3,6-7,12-13H2,1-2H3,(H,21,23). The Hall–Kier alpha value is -2.18. The van der Waals surface area contributed by atoms with Crippen molar-refractivity contribution in [1.29, 1.82) is 0 Å². The predicted molar refractivity (Wildman–Crippen MR) is 103 cm³/mol. The Balaban J connectivity index is 1.91. The van der Waals surface area contributed by atoms with Crippen LogP contribution in [0.1, 0.15) is 40.7 Å². The molecule has 0 spiro atoms. The van der Waals surface area contributed by atoms with E-state index in [1.807, 2.05) is 32.0 Å². The summed E-state index contributed by atoms with van der Waals surface area (Å²) in [7, 11) is -3.67. The molecule has 1 aliphatic rings. The average molecular weight is 372 g/mol. The van der Waals surface area contributed by atoms with E-state index in [1.54, 1.807) is 18.2 Å². The van der Waals surface area contributed by atoms with Crippen LogP contribution in [0.3, 0.4) is 0 Å². The molecule has 6 heteroatoms. The van der Waals surface area contributed by atoms with Crippen LogP contribution in [0.5, 0.6) is 0 Å². The molecule has 0 bridgehead atoms. The van der Waals surface area contributed by atoms with Crippen molar-refractivity contribution in [3.63, 3.8) is 0 Å². The largest absolute Gasteiger partial charge is 0.322 e. The molecule has 138 valence electrons. The summed E-state index contributed by atoms with van der Waals surface area (Å²) in [5, 5.41) is 2.82. The SMILES string of the molecule is Cc1ccc(NC(=O)c2ccccc2S(=O)(=O)N2CCCCC2)cc1C. The molecule has 0 saturated carbocycles. The summed E-state index contributed by atoms with van der Waals surface area (Å²) in [5.74, 6) is -0.413. The van der Waals surface area contributed by atoms with Crippen LogP contribution in [0.4, 0.5) is 5.69 Å². The van der Waals surface area contributed by atoms with Crippen LogP contribution >= 0.6 is 0 Å². The third-order valence-corrected chi connectivity index (χ3v) is 6.79. The average Bonchev–Trinajstić information content (AvgIpc) is 2.65. The molecule has 3 rings (SSSR count). The molecule has 1 fully saturated rings. The lowest BCUT2D eigenvalue weighted by atomic mass is 10.1. The zero-order valence-electron chi connectivity index (χ0n) is 15.2. The normalized spacial score (nSPS) is 15.6. The number of hydrogen-bond acceptors (Lipinski definition) is 3. The molecule has 0 atom stereocenters. The Labute approximate surface area is 155 Å². The third kappa shape index (κ3) is 3.81. The Morgan fingerprint density at radius 1 is 0.962 bits per heavy atom. The van der Waals surface area contributed by atoms with E-state index < -0.39 is 15.9 Å². The van der Waals surface area contributed by atoms with E-state index in [1.165, 1.54) is 10.4 Å². The smallest absolute Gasteiger partial charge is 0.257 e. The Bertz CT molecular complexity index is 916. The lowest BCUT2D eigenvalue weighted by molar-refractivity contribution is 0.102. The molecular formula is C20H24N2O3S. The van der Waals surface area contributed by atoms with Gasteiger partial charge in [0.2, 0.25) is 10.0 Å². The minimum atomic E-state index is -3.67. The van der Waals surface area contributed by atoms with Crippen molar-refractivity contribution in [2.45, 2.75) is 38.0 Å². The fraction of sp³-hybridized carbons (Fsp3) is 0.350. The molecule has 5 nitrogen and oxygen atoms in total. The number of carbonyl (C=O) groups is 1. The Kier molecular flexibility index (Phi) is 5.44. The van der Waals surface area contributed by atoms with Gasteiger partial charge in [-0.3, -0.25) is 4.79 Å². The number of hydrogen-bond donors (Lipinski definition) is 1. The zero-order valence-corrected chi connectivity index (χ0v) is 16.0. The number of anilines is 1. The van der Waals surface area contributed by atoms with Crippen LogP contribution in [0.15, 0.2) is 47.4 Å². The number of nitrogens with zero attached hydrogens (tertiary/aromatic N) is 1. The summed E-state index contributed by atoms with van der Waals surface area (Å²) in [6, 6.07) is 12.1. The van der Waals surface area contributed by atoms with Gasteiger partial charge in [0.25, 0.3) is 5.91 Å². The van der Waals surface area contributed by atoms with Gasteiger partial charge >= 0.3 is 0 Å². The van der Waals surface area contributed by atoms with E-state index in [4.69, 9.17) is 0 Å². The number of piperidine rings is 1. The first-order chi connectivity index (χ1) is 12.4. The maximum Gasteiger partial charge on any atom is 0.257 e. The molecule has 0 unspecified atom stereocenters. The first-order valence-corrected chi connectivity index (χ1v) is 10.3. The van der Waals surface area contributed by atoms with Gasteiger partial charge in [-0.05, 0) is 62.1 Å². The predicted octanol–water partition coefficient (Wildman–Crippen LogP) is 3.73. The van der Waals surface area contributed by atoms with Crippen molar-refractivity contribution in [2.24, 2.45) is 0 Å². The summed E-state index contributed by atoms with van der Waals surface area (Å²) in [5.41, 5.74) is 3.03. The molecule has 1 N–H and O–H groups in total. The van der Waals surface area contributed by atoms with Crippen LogP contribution in [-0.2, 0) is 10.0 Å². The van der Waals surface area contributed by atoms with Crippen LogP contribution in [0.2, 0.25) is 0 Å². The summed E-state index contributed by atoms with van der Waals surface area (Å²) in [6.07, 6.45) is 2.76. The van der Waals surface area contributed by atoms with E-state index in [0.717, 1.165) is 30.4 Å². The second kappa shape index (κ2) is 7.60. The summed E-state index contributed by atoms with van der Waals surface area (Å²) in [4.78, 5) is 12.8. The van der Waals surface area contributed by atoms with Crippen LogP contribution < -0.4 is 5.32 Å². The van der Waals surface area contributed by atoms with Crippen molar-refractivity contribution in [3.05, 3.63) is 59.2 Å². The fourth-order valence-corrected chi connectivity index (χ4v) is 4.85. The lowest BCUT2D eigenvalue weighted by Crippen LogP contribution is -2.36. The van der Waals surface area contributed by atoms with Gasteiger partial charge in [-0.25, -0.2) is 8.42 Å². The number of sulfonamides is 1. The van der Waals surface area contributed by atoms with E-state index >= 15 is 0 Å². The topological polar surface area (TPSA) is 66.5 Å². The first kappa shape index (κ1) is 18.6. The second-order valence-corrected chi connectivity index (χ2v) is 8.62. The van der Waals surface area contributed by atoms with Crippen molar-refractivity contribution < 1.29 is 13.2 Å². The molecule has 1 saturated heterocycles. The van der Waals surface area contributed by atoms with Crippen molar-refractivity contribution >= 4 is 21.6 Å². The monoisotopic (exact) mass is 372 g/mol. The summed E-state index contributed by atoms with van der Waals surface area (Å²) >= 11 is 0. The highest BCUT2D eigenvalue weighted by Crippen LogP contribution is 2.24. The zero-order chi connectivity index (χ0) is 18.7. The highest BCUT2D eigenvalue weighted by Gasteiger charge is 2.29. The van der Waals surface area contributed by atoms with Crippen molar-refractivity contribution in [1.82, 2.24) is 4.31 Å². The van der Waals surface area contributed by atoms with E-state index in [0.29, 0.717) is 18.8 Å². The molecular weight excluding hydrogens is 348 g/mol. The maximum absolute atomic E-state index is 13.0. The van der Waals surface area contributed by atoms with Crippen LogP contribution in [0.25, 0.3) is 0 Å². The van der Waals surface area contributed by atoms with Gasteiger partial charge in [0.1, 0.15) is 0 Å². The number of amides is 1. The molecule has 2 aromatic rings. The van der Waals surface area contributed by atoms with Crippen LogP contribution in [-0.4, -0.2) is 31.7 Å². The fourth-order valence-electron chi connectivity index (χ4n) is 3.14. The highest BCUT2D eigenvalue weighted by atomic mass is 32.2. The first-order valence-electron chi connectivity index (χ1n) is 8.87. The maximum atomic E-state index is 13.0. The highest BCUT2D eigenvalue weighted by molar-refractivity contribution is 7.89. The molecule has 1 heterocycles. The van der Waals surface area contributed by atoms with Crippen molar-refractivity contribution in [2.75, 3.05) is 18.4 Å². The van der Waals surface area contributed by atoms with E-state index in [2.05, 4.69) is 5.32 Å². The number of carbonyl (C=O) groups excluding carboxylic acids is 1. The molecule has 26 heavy (non-hydrogen) atoms. The Morgan fingerprint density at radius 3 is 2.35 bits per heavy atom. The van der Waals surface area contributed by atoms with Gasteiger partial charge in [-0.1, -0.05) is 24.6 Å². The second-order valence-electron chi connectivity index (χ2n) is 6.71. The summed E-state index contributed by atoms with van der Waals surface area (Å²) in [6.45, 7) is 4.99. The number of aryl methyl sites for hydroxylation is 2. The van der Waals surface area contributed by atoms with Crippen LogP contribution in [0, 0.1) is 13.8 Å². The Morgan fingerprint density at radius 2 is 1.65 bits per heavy atom. The van der Waals surface area contributed by atoms with E-state index in [9.17, 15) is 13.2 Å². The molecule has 0 aromatic heterocycles. The van der Waals surface area contributed by atoms with E-state index in [-0.39, 0.29) is 10.5 Å². The van der Waals surface area contributed by atoms with Gasteiger partial charge in [-0.2, -0.15) is 4.31 Å². The van der Waals surface area contributed by atoms with Gasteiger partial charge in [0.05, 0.1) is 10.5 Å².